The lowest BCUT2D eigenvalue weighted by molar-refractivity contribution is -0.117. The van der Waals surface area contributed by atoms with Crippen LogP contribution in [0.15, 0.2) is 52.3 Å². The molecule has 0 bridgehead atoms. The van der Waals surface area contributed by atoms with E-state index in [4.69, 9.17) is 0 Å². The van der Waals surface area contributed by atoms with Crippen LogP contribution >= 0.6 is 0 Å². The minimum absolute atomic E-state index is 0.0678. The fourth-order valence-electron chi connectivity index (χ4n) is 3.34. The van der Waals surface area contributed by atoms with Crippen molar-refractivity contribution in [2.45, 2.75) is 42.5 Å². The Bertz CT molecular complexity index is 1020. The fourth-order valence-corrected chi connectivity index (χ4v) is 5.31. The molecular weight excluding hydrogens is 396 g/mol. The highest BCUT2D eigenvalue weighted by Crippen LogP contribution is 2.27. The van der Waals surface area contributed by atoms with Gasteiger partial charge in [-0.2, -0.15) is 0 Å². The van der Waals surface area contributed by atoms with Crippen LogP contribution in [-0.2, 0) is 25.6 Å². The van der Waals surface area contributed by atoms with Gasteiger partial charge in [-0.1, -0.05) is 12.1 Å². The number of aryl methyl sites for hydroxylation is 1. The van der Waals surface area contributed by atoms with Crippen molar-refractivity contribution in [3.05, 3.63) is 53.6 Å². The fraction of sp³-hybridized carbons (Fsp3) is 0.350. The largest absolute Gasteiger partial charge is 0.312 e. The molecule has 2 aromatic carbocycles. The summed E-state index contributed by atoms with van der Waals surface area (Å²) in [6.07, 6.45) is 2.95. The van der Waals surface area contributed by atoms with Gasteiger partial charge in [0.15, 0.2) is 0 Å². The van der Waals surface area contributed by atoms with Crippen LogP contribution in [0.3, 0.4) is 0 Å². The molecule has 1 N–H and O–H groups in total. The van der Waals surface area contributed by atoms with Gasteiger partial charge in [0.25, 0.3) is 0 Å². The molecule has 0 aliphatic carbocycles. The smallest absolute Gasteiger partial charge is 0.241 e. The van der Waals surface area contributed by atoms with Crippen LogP contribution in [0, 0.1) is 6.92 Å². The van der Waals surface area contributed by atoms with Crippen molar-refractivity contribution < 1.29 is 17.4 Å². The van der Waals surface area contributed by atoms with Crippen LogP contribution in [0.2, 0.25) is 0 Å². The van der Waals surface area contributed by atoms with E-state index < -0.39 is 26.9 Å². The second-order valence-electron chi connectivity index (χ2n) is 6.96. The summed E-state index contributed by atoms with van der Waals surface area (Å²) in [6.45, 7) is 4.16. The van der Waals surface area contributed by atoms with Crippen molar-refractivity contribution >= 4 is 32.4 Å². The second kappa shape index (κ2) is 8.14. The predicted octanol–water partition coefficient (Wildman–Crippen LogP) is 2.90. The summed E-state index contributed by atoms with van der Waals surface area (Å²) in [5, 5.41) is 0. The van der Waals surface area contributed by atoms with Gasteiger partial charge in [0.1, 0.15) is 0 Å². The number of nitrogens with zero attached hydrogens (tertiary/aromatic N) is 1. The Kier molecular flexibility index (Phi) is 6.02. The first-order chi connectivity index (χ1) is 13.2. The molecule has 1 heterocycles. The Morgan fingerprint density at radius 1 is 1.14 bits per heavy atom. The van der Waals surface area contributed by atoms with Crippen LogP contribution in [-0.4, -0.2) is 31.3 Å². The van der Waals surface area contributed by atoms with Gasteiger partial charge < -0.3 is 4.90 Å². The van der Waals surface area contributed by atoms with Gasteiger partial charge in [0.05, 0.1) is 4.90 Å². The molecular formula is C20H24N2O4S2. The first-order valence-corrected chi connectivity index (χ1v) is 12.1. The van der Waals surface area contributed by atoms with Crippen molar-refractivity contribution in [2.75, 3.05) is 17.7 Å². The van der Waals surface area contributed by atoms with Gasteiger partial charge in [0, 0.05) is 46.6 Å². The van der Waals surface area contributed by atoms with Crippen molar-refractivity contribution in [2.24, 2.45) is 0 Å². The van der Waals surface area contributed by atoms with Crippen molar-refractivity contribution in [1.29, 1.82) is 0 Å². The molecule has 0 spiro atoms. The molecule has 1 amide bonds. The van der Waals surface area contributed by atoms with E-state index in [-0.39, 0.29) is 10.8 Å². The van der Waals surface area contributed by atoms with Gasteiger partial charge in [0.2, 0.25) is 15.9 Å². The lowest BCUT2D eigenvalue weighted by atomic mass is 10.1. The van der Waals surface area contributed by atoms with Crippen molar-refractivity contribution in [1.82, 2.24) is 4.72 Å². The molecule has 2 aromatic rings. The second-order valence-corrected chi connectivity index (χ2v) is 10.0. The van der Waals surface area contributed by atoms with E-state index in [1.54, 1.807) is 67.5 Å². The predicted molar refractivity (Wildman–Crippen MR) is 110 cm³/mol. The maximum Gasteiger partial charge on any atom is 0.241 e. The van der Waals surface area contributed by atoms with Gasteiger partial charge in [-0.05, 0) is 61.7 Å². The third-order valence-corrected chi connectivity index (χ3v) is 7.51. The Hall–Kier alpha value is -2.03. The van der Waals surface area contributed by atoms with Gasteiger partial charge in [-0.15, -0.1) is 0 Å². The summed E-state index contributed by atoms with van der Waals surface area (Å²) in [5.74, 6) is 0.0678. The number of rotatable bonds is 6. The monoisotopic (exact) mass is 420 g/mol. The molecule has 1 aliphatic rings. The number of amides is 1. The number of nitrogens with one attached hydrogen (secondary N) is 1. The number of sulfonamides is 1. The summed E-state index contributed by atoms with van der Waals surface area (Å²) in [4.78, 5) is 14.5. The van der Waals surface area contributed by atoms with Crippen LogP contribution in [0.5, 0.6) is 0 Å². The number of hydrogen-bond donors (Lipinski definition) is 1. The molecule has 28 heavy (non-hydrogen) atoms. The highest BCUT2D eigenvalue weighted by Gasteiger charge is 2.25. The van der Waals surface area contributed by atoms with Crippen LogP contribution in [0.1, 0.15) is 36.9 Å². The SMILES string of the molecule is Cc1cc(N2CCCC2=O)ccc1S(=O)(=O)N[C@@H](C)c1ccc([S@@](C)=O)cc1. The van der Waals surface area contributed by atoms with Crippen LogP contribution in [0.25, 0.3) is 0 Å². The number of carbonyl (C=O) groups excluding carboxylic acids is 1. The number of hydrogen-bond acceptors (Lipinski definition) is 4. The molecule has 8 heteroatoms. The van der Waals surface area contributed by atoms with Gasteiger partial charge >= 0.3 is 0 Å². The standard InChI is InChI=1S/C20H24N2O4S2/c1-14-13-17(22-12-4-5-20(22)23)8-11-19(14)28(25,26)21-15(2)16-6-9-18(10-7-16)27(3)24/h6-11,13,15,21H,4-5,12H2,1-3H3/t15-,27+/m0/s1. The van der Waals surface area contributed by atoms with Crippen molar-refractivity contribution in [3.63, 3.8) is 0 Å². The summed E-state index contributed by atoms with van der Waals surface area (Å²) >= 11 is 0. The quantitative estimate of drug-likeness (QED) is 0.779. The number of anilines is 1. The van der Waals surface area contributed by atoms with Crippen molar-refractivity contribution in [3.8, 4) is 0 Å². The Labute approximate surface area is 168 Å². The number of carbonyl (C=O) groups is 1. The average molecular weight is 421 g/mol. The minimum atomic E-state index is -3.73. The zero-order chi connectivity index (χ0) is 20.5. The molecule has 0 unspecified atom stereocenters. The van der Waals surface area contributed by atoms with E-state index in [9.17, 15) is 17.4 Å². The Morgan fingerprint density at radius 3 is 2.36 bits per heavy atom. The van der Waals surface area contributed by atoms with Gasteiger partial charge in [-0.3, -0.25) is 9.00 Å². The molecule has 3 rings (SSSR count). The molecule has 0 radical (unpaired) electrons. The Morgan fingerprint density at radius 2 is 1.82 bits per heavy atom. The third kappa shape index (κ3) is 4.34. The van der Waals surface area contributed by atoms with Crippen LogP contribution < -0.4 is 9.62 Å². The highest BCUT2D eigenvalue weighted by molar-refractivity contribution is 7.89. The third-order valence-electron chi connectivity index (χ3n) is 4.88. The van der Waals surface area contributed by atoms with Crippen LogP contribution in [0.4, 0.5) is 5.69 Å². The molecule has 150 valence electrons. The molecule has 1 fully saturated rings. The highest BCUT2D eigenvalue weighted by atomic mass is 32.2. The molecule has 1 aliphatic heterocycles. The molecule has 2 atom stereocenters. The zero-order valence-corrected chi connectivity index (χ0v) is 17.8. The summed E-state index contributed by atoms with van der Waals surface area (Å²) in [7, 11) is -4.81. The van der Waals surface area contributed by atoms with E-state index >= 15 is 0 Å². The lowest BCUT2D eigenvalue weighted by Crippen LogP contribution is -2.28. The Balaban J connectivity index is 1.80. The van der Waals surface area contributed by atoms with E-state index in [2.05, 4.69) is 4.72 Å². The maximum absolute atomic E-state index is 12.9. The molecule has 6 nitrogen and oxygen atoms in total. The first kappa shape index (κ1) is 20.7. The molecule has 0 saturated carbocycles. The van der Waals surface area contributed by atoms with E-state index in [0.29, 0.717) is 23.4 Å². The number of benzene rings is 2. The first-order valence-electron chi connectivity index (χ1n) is 9.06. The summed E-state index contributed by atoms with van der Waals surface area (Å²) < 4.78 is 39.9. The topological polar surface area (TPSA) is 83.6 Å². The van der Waals surface area contributed by atoms with Gasteiger partial charge in [-0.25, -0.2) is 13.1 Å². The normalized spacial score (nSPS) is 17.0. The zero-order valence-electron chi connectivity index (χ0n) is 16.1. The maximum atomic E-state index is 12.9. The summed E-state index contributed by atoms with van der Waals surface area (Å²) in [6, 6.07) is 11.6. The summed E-state index contributed by atoms with van der Waals surface area (Å²) in [5.41, 5.74) is 2.11. The molecule has 0 aromatic heterocycles. The minimum Gasteiger partial charge on any atom is -0.312 e. The average Bonchev–Trinajstić information content (AvgIpc) is 3.07. The van der Waals surface area contributed by atoms with E-state index in [1.165, 1.54) is 0 Å². The van der Waals surface area contributed by atoms with E-state index in [1.807, 2.05) is 0 Å². The lowest BCUT2D eigenvalue weighted by Gasteiger charge is -2.19. The molecule has 1 saturated heterocycles. The van der Waals surface area contributed by atoms with E-state index in [0.717, 1.165) is 17.7 Å².